The lowest BCUT2D eigenvalue weighted by Crippen LogP contribution is -2.01. The van der Waals surface area contributed by atoms with E-state index in [1.165, 1.54) is 0 Å². The normalized spacial score (nSPS) is 11.1. The predicted molar refractivity (Wildman–Crippen MR) is 115 cm³/mol. The number of rotatable bonds is 7. The Morgan fingerprint density at radius 3 is 2.86 bits per heavy atom. The van der Waals surface area contributed by atoms with Gasteiger partial charge in [-0.1, -0.05) is 30.0 Å². The van der Waals surface area contributed by atoms with Crippen molar-refractivity contribution in [2.45, 2.75) is 17.5 Å². The summed E-state index contributed by atoms with van der Waals surface area (Å²) in [6.45, 7) is 4.48. The highest BCUT2D eigenvalue weighted by atomic mass is 79.9. The summed E-state index contributed by atoms with van der Waals surface area (Å²) in [4.78, 5) is 4.66. The number of methoxy groups -OCH3 is 1. The number of halogens is 1. The first-order chi connectivity index (χ1) is 13.7. The van der Waals surface area contributed by atoms with Gasteiger partial charge in [0.05, 0.1) is 18.4 Å². The van der Waals surface area contributed by atoms with Gasteiger partial charge in [0.1, 0.15) is 11.4 Å². The Kier molecular flexibility index (Phi) is 5.50. The molecule has 0 radical (unpaired) electrons. The average molecular weight is 456 g/mol. The highest BCUT2D eigenvalue weighted by molar-refractivity contribution is 9.10. The fraction of sp³-hybridized carbons (Fsp3) is 0.150. The van der Waals surface area contributed by atoms with Gasteiger partial charge in [0.2, 0.25) is 0 Å². The summed E-state index contributed by atoms with van der Waals surface area (Å²) in [5.74, 6) is 2.22. The minimum Gasteiger partial charge on any atom is -0.496 e. The Morgan fingerprint density at radius 2 is 2.04 bits per heavy atom. The number of para-hydroxylation sites is 1. The van der Waals surface area contributed by atoms with E-state index in [1.54, 1.807) is 18.9 Å². The molecule has 1 aromatic carbocycles. The van der Waals surface area contributed by atoms with Crippen LogP contribution in [0, 0.1) is 0 Å². The van der Waals surface area contributed by atoms with Crippen LogP contribution in [0.25, 0.3) is 17.0 Å². The van der Waals surface area contributed by atoms with E-state index in [1.807, 2.05) is 63.8 Å². The molecule has 8 heteroatoms. The number of imidazole rings is 1. The second-order valence-electron chi connectivity index (χ2n) is 6.04. The van der Waals surface area contributed by atoms with E-state index < -0.39 is 0 Å². The summed E-state index contributed by atoms with van der Waals surface area (Å²) in [5.41, 5.74) is 2.81. The average Bonchev–Trinajstić information content (AvgIpc) is 3.29. The Morgan fingerprint density at radius 1 is 1.18 bits per heavy atom. The second kappa shape index (κ2) is 8.20. The van der Waals surface area contributed by atoms with Gasteiger partial charge in [0.15, 0.2) is 11.0 Å². The summed E-state index contributed by atoms with van der Waals surface area (Å²) >= 11 is 5.09. The van der Waals surface area contributed by atoms with Crippen LogP contribution in [0.1, 0.15) is 5.69 Å². The number of benzene rings is 1. The zero-order valence-corrected chi connectivity index (χ0v) is 17.7. The Balaban J connectivity index is 1.62. The molecule has 0 saturated carbocycles. The quantitative estimate of drug-likeness (QED) is 0.294. The molecule has 3 heterocycles. The molecule has 4 aromatic rings. The van der Waals surface area contributed by atoms with Gasteiger partial charge in [0, 0.05) is 29.2 Å². The van der Waals surface area contributed by atoms with Gasteiger partial charge >= 0.3 is 0 Å². The lowest BCUT2D eigenvalue weighted by atomic mass is 10.2. The lowest BCUT2D eigenvalue weighted by Gasteiger charge is -2.10. The van der Waals surface area contributed by atoms with E-state index in [-0.39, 0.29) is 0 Å². The summed E-state index contributed by atoms with van der Waals surface area (Å²) < 4.78 is 10.6. The first-order valence-corrected chi connectivity index (χ1v) is 10.4. The minimum absolute atomic E-state index is 0.612. The predicted octanol–water partition coefficient (Wildman–Crippen LogP) is 4.84. The van der Waals surface area contributed by atoms with Gasteiger partial charge < -0.3 is 9.14 Å². The summed E-state index contributed by atoms with van der Waals surface area (Å²) in [6, 6.07) is 11.8. The molecule has 0 saturated heterocycles. The molecule has 0 unspecified atom stereocenters. The monoisotopic (exact) mass is 455 g/mol. The fourth-order valence-electron chi connectivity index (χ4n) is 2.94. The van der Waals surface area contributed by atoms with Gasteiger partial charge in [-0.25, -0.2) is 4.98 Å². The first kappa shape index (κ1) is 18.8. The Labute approximate surface area is 175 Å². The summed E-state index contributed by atoms with van der Waals surface area (Å²) in [7, 11) is 1.66. The Hall–Kier alpha value is -2.58. The van der Waals surface area contributed by atoms with E-state index in [0.29, 0.717) is 12.3 Å². The van der Waals surface area contributed by atoms with E-state index in [4.69, 9.17) is 4.74 Å². The minimum atomic E-state index is 0.612. The van der Waals surface area contributed by atoms with Crippen molar-refractivity contribution >= 4 is 33.3 Å². The zero-order chi connectivity index (χ0) is 19.5. The number of pyridine rings is 1. The van der Waals surface area contributed by atoms with Crippen LogP contribution < -0.4 is 4.74 Å². The van der Waals surface area contributed by atoms with Gasteiger partial charge in [-0.15, -0.1) is 16.8 Å². The van der Waals surface area contributed by atoms with Crippen LogP contribution in [0.2, 0.25) is 0 Å². The molecule has 0 atom stereocenters. The highest BCUT2D eigenvalue weighted by Gasteiger charge is 2.17. The molecule has 0 spiro atoms. The number of nitrogens with zero attached hydrogens (tertiary/aromatic N) is 5. The maximum absolute atomic E-state index is 5.48. The molecule has 142 valence electrons. The van der Waals surface area contributed by atoms with Crippen molar-refractivity contribution in [3.05, 3.63) is 71.6 Å². The van der Waals surface area contributed by atoms with E-state index in [0.717, 1.165) is 38.1 Å². The molecule has 0 fully saturated rings. The molecular formula is C20H18BrN5OS. The molecule has 0 aliphatic heterocycles. The Bertz CT molecular complexity index is 1140. The molecule has 0 aliphatic rings. The standard InChI is InChI=1S/C20H18BrN5OS/c1-3-10-26-19(16-6-4-5-7-17(16)27-2)23-24-20(26)28-13-15-12-25-11-14(21)8-9-18(25)22-15/h3-9,11-12H,1,10,13H2,2H3. The van der Waals surface area contributed by atoms with Crippen molar-refractivity contribution < 1.29 is 4.74 Å². The van der Waals surface area contributed by atoms with Gasteiger partial charge in [-0.3, -0.25) is 4.57 Å². The van der Waals surface area contributed by atoms with Crippen LogP contribution in [-0.2, 0) is 12.3 Å². The smallest absolute Gasteiger partial charge is 0.192 e. The third-order valence-electron chi connectivity index (χ3n) is 4.19. The maximum atomic E-state index is 5.48. The molecule has 3 aromatic heterocycles. The van der Waals surface area contributed by atoms with Crippen LogP contribution in [0.15, 0.2) is 71.1 Å². The summed E-state index contributed by atoms with van der Waals surface area (Å²) in [5, 5.41) is 9.63. The van der Waals surface area contributed by atoms with Crippen molar-refractivity contribution in [1.82, 2.24) is 24.1 Å². The van der Waals surface area contributed by atoms with Crippen LogP contribution in [0.3, 0.4) is 0 Å². The molecule has 28 heavy (non-hydrogen) atoms. The topological polar surface area (TPSA) is 57.2 Å². The molecular weight excluding hydrogens is 438 g/mol. The maximum Gasteiger partial charge on any atom is 0.192 e. The number of fused-ring (bicyclic) bond motifs is 1. The number of allylic oxidation sites excluding steroid dienone is 1. The third-order valence-corrected chi connectivity index (χ3v) is 5.66. The molecule has 0 bridgehead atoms. The zero-order valence-electron chi connectivity index (χ0n) is 15.2. The lowest BCUT2D eigenvalue weighted by molar-refractivity contribution is 0.416. The largest absolute Gasteiger partial charge is 0.496 e. The van der Waals surface area contributed by atoms with E-state index in [9.17, 15) is 0 Å². The van der Waals surface area contributed by atoms with Crippen molar-refractivity contribution in [2.75, 3.05) is 7.11 Å². The number of aromatic nitrogens is 5. The van der Waals surface area contributed by atoms with Crippen LogP contribution in [-0.4, -0.2) is 31.3 Å². The SMILES string of the molecule is C=CCn1c(SCc2cn3cc(Br)ccc3n2)nnc1-c1ccccc1OC. The second-order valence-corrected chi connectivity index (χ2v) is 7.90. The summed E-state index contributed by atoms with van der Waals surface area (Å²) in [6.07, 6.45) is 5.87. The third kappa shape index (κ3) is 3.70. The van der Waals surface area contributed by atoms with Crippen LogP contribution in [0.5, 0.6) is 5.75 Å². The molecule has 0 N–H and O–H groups in total. The highest BCUT2D eigenvalue weighted by Crippen LogP contribution is 2.31. The molecule has 4 rings (SSSR count). The molecule has 6 nitrogen and oxygen atoms in total. The number of hydrogen-bond acceptors (Lipinski definition) is 5. The van der Waals surface area contributed by atoms with Crippen molar-refractivity contribution in [3.63, 3.8) is 0 Å². The first-order valence-electron chi connectivity index (χ1n) is 8.63. The van der Waals surface area contributed by atoms with E-state index in [2.05, 4.69) is 37.7 Å². The van der Waals surface area contributed by atoms with Gasteiger partial charge in [-0.05, 0) is 40.2 Å². The van der Waals surface area contributed by atoms with Gasteiger partial charge in [0.25, 0.3) is 0 Å². The fourth-order valence-corrected chi connectivity index (χ4v) is 4.13. The number of hydrogen-bond donors (Lipinski definition) is 0. The van der Waals surface area contributed by atoms with Crippen LogP contribution >= 0.6 is 27.7 Å². The molecule has 0 amide bonds. The number of ether oxygens (including phenoxy) is 1. The molecule has 0 aliphatic carbocycles. The van der Waals surface area contributed by atoms with Gasteiger partial charge in [-0.2, -0.15) is 0 Å². The van der Waals surface area contributed by atoms with E-state index >= 15 is 0 Å². The van der Waals surface area contributed by atoms with Crippen LogP contribution in [0.4, 0.5) is 0 Å². The van der Waals surface area contributed by atoms with Crippen molar-refractivity contribution in [1.29, 1.82) is 0 Å². The van der Waals surface area contributed by atoms with Crippen molar-refractivity contribution in [2.24, 2.45) is 0 Å². The number of thioether (sulfide) groups is 1. The van der Waals surface area contributed by atoms with Crippen molar-refractivity contribution in [3.8, 4) is 17.1 Å².